The predicted molar refractivity (Wildman–Crippen MR) is 78.8 cm³/mol. The Morgan fingerprint density at radius 1 is 1.16 bits per heavy atom. The van der Waals surface area contributed by atoms with Crippen LogP contribution in [0.3, 0.4) is 0 Å². The third kappa shape index (κ3) is 7.45. The van der Waals surface area contributed by atoms with Gasteiger partial charge < -0.3 is 4.74 Å². The van der Waals surface area contributed by atoms with Gasteiger partial charge >= 0.3 is 5.97 Å². The van der Waals surface area contributed by atoms with Crippen molar-refractivity contribution >= 4 is 5.97 Å². The molecule has 0 aliphatic rings. The summed E-state index contributed by atoms with van der Waals surface area (Å²) >= 11 is 0. The van der Waals surface area contributed by atoms with Crippen molar-refractivity contribution in [2.45, 2.75) is 52.6 Å². The normalized spacial score (nSPS) is 11.4. The van der Waals surface area contributed by atoms with Gasteiger partial charge in [0.15, 0.2) is 0 Å². The second-order valence-corrected chi connectivity index (χ2v) is 4.89. The summed E-state index contributed by atoms with van der Waals surface area (Å²) in [5.41, 5.74) is 2.12. The molecule has 0 unspecified atom stereocenters. The lowest BCUT2D eigenvalue weighted by atomic mass is 10.1. The first-order valence-corrected chi connectivity index (χ1v) is 7.10. The number of benzene rings is 1. The van der Waals surface area contributed by atoms with Gasteiger partial charge in [-0.1, -0.05) is 62.1 Å². The molecule has 0 saturated carbocycles. The van der Waals surface area contributed by atoms with Crippen LogP contribution in [0.25, 0.3) is 0 Å². The second-order valence-electron chi connectivity index (χ2n) is 4.89. The van der Waals surface area contributed by atoms with Crippen LogP contribution in [-0.4, -0.2) is 5.97 Å². The molecule has 0 bridgehead atoms. The van der Waals surface area contributed by atoms with Gasteiger partial charge in [0.1, 0.15) is 6.61 Å². The maximum absolute atomic E-state index is 11.6. The molecule has 0 N–H and O–H groups in total. The molecule has 2 heteroatoms. The first-order chi connectivity index (χ1) is 9.22. The lowest BCUT2D eigenvalue weighted by Crippen LogP contribution is -2.01. The number of hydrogen-bond donors (Lipinski definition) is 0. The van der Waals surface area contributed by atoms with Crippen molar-refractivity contribution in [2.75, 3.05) is 0 Å². The minimum Gasteiger partial charge on any atom is -0.458 e. The lowest BCUT2D eigenvalue weighted by molar-refractivity contribution is -0.139. The van der Waals surface area contributed by atoms with Gasteiger partial charge in [0.2, 0.25) is 0 Å². The highest BCUT2D eigenvalue weighted by atomic mass is 16.5. The highest BCUT2D eigenvalue weighted by molar-refractivity contribution is 5.82. The number of ether oxygens (including phenoxy) is 1. The molecule has 0 saturated heterocycles. The summed E-state index contributed by atoms with van der Waals surface area (Å²) in [6.07, 6.45) is 7.51. The first kappa shape index (κ1) is 15.5. The topological polar surface area (TPSA) is 26.3 Å². The average molecular weight is 260 g/mol. The number of esters is 1. The molecule has 0 fully saturated rings. The molecule has 0 heterocycles. The monoisotopic (exact) mass is 260 g/mol. The second kappa shape index (κ2) is 9.37. The zero-order chi connectivity index (χ0) is 13.9. The number of unbranched alkanes of at least 4 members (excludes halogenated alkanes) is 3. The van der Waals surface area contributed by atoms with E-state index in [-0.39, 0.29) is 5.97 Å². The number of rotatable bonds is 8. The lowest BCUT2D eigenvalue weighted by Gasteiger charge is -2.04. The minimum absolute atomic E-state index is 0.239. The SMILES string of the molecule is CCCCCC/C(C)=C\C(=O)OCc1ccccc1. The maximum Gasteiger partial charge on any atom is 0.331 e. The van der Waals surface area contributed by atoms with Gasteiger partial charge in [-0.05, 0) is 25.3 Å². The summed E-state index contributed by atoms with van der Waals surface area (Å²) in [6, 6.07) is 9.74. The van der Waals surface area contributed by atoms with Crippen LogP contribution in [0.2, 0.25) is 0 Å². The highest BCUT2D eigenvalue weighted by Gasteiger charge is 2.00. The molecule has 1 rings (SSSR count). The molecule has 0 aromatic heterocycles. The van der Waals surface area contributed by atoms with Crippen LogP contribution < -0.4 is 0 Å². The molecule has 0 spiro atoms. The van der Waals surface area contributed by atoms with Crippen molar-refractivity contribution in [3.8, 4) is 0 Å². The molecule has 1 aromatic carbocycles. The first-order valence-electron chi connectivity index (χ1n) is 7.10. The summed E-state index contributed by atoms with van der Waals surface area (Å²) in [7, 11) is 0. The van der Waals surface area contributed by atoms with E-state index >= 15 is 0 Å². The molecule has 2 nitrogen and oxygen atoms in total. The fourth-order valence-corrected chi connectivity index (χ4v) is 1.87. The Labute approximate surface area is 116 Å². The average Bonchev–Trinajstić information content (AvgIpc) is 2.42. The van der Waals surface area contributed by atoms with E-state index in [1.807, 2.05) is 37.3 Å². The molecule has 0 aliphatic carbocycles. The van der Waals surface area contributed by atoms with Crippen LogP contribution in [0.1, 0.15) is 51.5 Å². The van der Waals surface area contributed by atoms with E-state index in [0.717, 1.165) is 24.0 Å². The van der Waals surface area contributed by atoms with Gasteiger partial charge in [0, 0.05) is 6.08 Å². The van der Waals surface area contributed by atoms with E-state index in [2.05, 4.69) is 6.92 Å². The van der Waals surface area contributed by atoms with Crippen molar-refractivity contribution in [3.05, 3.63) is 47.5 Å². The van der Waals surface area contributed by atoms with Gasteiger partial charge in [-0.2, -0.15) is 0 Å². The smallest absolute Gasteiger partial charge is 0.331 e. The third-order valence-electron chi connectivity index (χ3n) is 3.01. The fraction of sp³-hybridized carbons (Fsp3) is 0.471. The van der Waals surface area contributed by atoms with Crippen LogP contribution in [0.5, 0.6) is 0 Å². The van der Waals surface area contributed by atoms with Crippen molar-refractivity contribution in [1.82, 2.24) is 0 Å². The summed E-state index contributed by atoms with van der Waals surface area (Å²) in [6.45, 7) is 4.54. The van der Waals surface area contributed by atoms with Crippen LogP contribution in [-0.2, 0) is 16.1 Å². The molecule has 19 heavy (non-hydrogen) atoms. The summed E-state index contributed by atoms with van der Waals surface area (Å²) < 4.78 is 5.21. The number of carbonyl (C=O) groups is 1. The van der Waals surface area contributed by atoms with Crippen LogP contribution in [0.4, 0.5) is 0 Å². The van der Waals surface area contributed by atoms with Gasteiger partial charge in [0.05, 0.1) is 0 Å². The molecule has 0 radical (unpaired) electrons. The minimum atomic E-state index is -0.239. The van der Waals surface area contributed by atoms with Crippen LogP contribution in [0.15, 0.2) is 42.0 Å². The number of hydrogen-bond acceptors (Lipinski definition) is 2. The van der Waals surface area contributed by atoms with Crippen molar-refractivity contribution in [2.24, 2.45) is 0 Å². The van der Waals surface area contributed by atoms with E-state index in [9.17, 15) is 4.79 Å². The molecule has 104 valence electrons. The summed E-state index contributed by atoms with van der Waals surface area (Å²) in [5, 5.41) is 0. The largest absolute Gasteiger partial charge is 0.458 e. The van der Waals surface area contributed by atoms with Gasteiger partial charge in [-0.15, -0.1) is 0 Å². The standard InChI is InChI=1S/C17H24O2/c1-3-4-5-7-10-15(2)13-17(18)19-14-16-11-8-6-9-12-16/h6,8-9,11-13H,3-5,7,10,14H2,1-2H3/b15-13-. The van der Waals surface area contributed by atoms with Gasteiger partial charge in [-0.3, -0.25) is 0 Å². The molecular weight excluding hydrogens is 236 g/mol. The van der Waals surface area contributed by atoms with Crippen molar-refractivity contribution in [1.29, 1.82) is 0 Å². The number of carbonyl (C=O) groups excluding carboxylic acids is 1. The number of allylic oxidation sites excluding steroid dienone is 1. The molecule has 0 aliphatic heterocycles. The van der Waals surface area contributed by atoms with Gasteiger partial charge in [0.25, 0.3) is 0 Å². The van der Waals surface area contributed by atoms with E-state index in [4.69, 9.17) is 4.74 Å². The summed E-state index contributed by atoms with van der Waals surface area (Å²) in [5.74, 6) is -0.239. The fourth-order valence-electron chi connectivity index (χ4n) is 1.87. The van der Waals surface area contributed by atoms with Crippen LogP contribution in [0, 0.1) is 0 Å². The Hall–Kier alpha value is -1.57. The van der Waals surface area contributed by atoms with E-state index < -0.39 is 0 Å². The zero-order valence-corrected chi connectivity index (χ0v) is 12.0. The Balaban J connectivity index is 2.25. The quantitative estimate of drug-likeness (QED) is 0.386. The molecular formula is C17H24O2. The maximum atomic E-state index is 11.6. The Kier molecular flexibility index (Phi) is 7.64. The predicted octanol–water partition coefficient (Wildman–Crippen LogP) is 4.65. The van der Waals surface area contributed by atoms with Crippen molar-refractivity contribution in [3.63, 3.8) is 0 Å². The third-order valence-corrected chi connectivity index (χ3v) is 3.01. The Bertz CT molecular complexity index is 393. The van der Waals surface area contributed by atoms with E-state index in [0.29, 0.717) is 6.61 Å². The molecule has 0 amide bonds. The Morgan fingerprint density at radius 3 is 2.58 bits per heavy atom. The highest BCUT2D eigenvalue weighted by Crippen LogP contribution is 2.10. The van der Waals surface area contributed by atoms with Gasteiger partial charge in [-0.25, -0.2) is 4.79 Å². The van der Waals surface area contributed by atoms with E-state index in [1.54, 1.807) is 6.08 Å². The van der Waals surface area contributed by atoms with E-state index in [1.165, 1.54) is 19.3 Å². The van der Waals surface area contributed by atoms with Crippen LogP contribution >= 0.6 is 0 Å². The molecule has 1 aromatic rings. The van der Waals surface area contributed by atoms with Crippen molar-refractivity contribution < 1.29 is 9.53 Å². The summed E-state index contributed by atoms with van der Waals surface area (Å²) in [4.78, 5) is 11.6. The Morgan fingerprint density at radius 2 is 1.89 bits per heavy atom. The zero-order valence-electron chi connectivity index (χ0n) is 12.0. The molecule has 0 atom stereocenters.